The van der Waals surface area contributed by atoms with Crippen molar-refractivity contribution in [3.63, 3.8) is 0 Å². The SMILES string of the molecule is Cl.Cl.O=C(c1csc(Cl)n1)N1CCNCC1COc1cccnc1. The summed E-state index contributed by atoms with van der Waals surface area (Å²) >= 11 is 7.07. The van der Waals surface area contributed by atoms with Crippen LogP contribution in [0.2, 0.25) is 4.47 Å². The highest BCUT2D eigenvalue weighted by Gasteiger charge is 2.29. The number of carbonyl (C=O) groups is 1. The number of aromatic nitrogens is 2. The van der Waals surface area contributed by atoms with Crippen molar-refractivity contribution in [1.82, 2.24) is 20.2 Å². The first-order valence-electron chi connectivity index (χ1n) is 6.89. The number of nitrogens with zero attached hydrogens (tertiary/aromatic N) is 3. The fourth-order valence-corrected chi connectivity index (χ4v) is 3.04. The minimum absolute atomic E-state index is 0. The highest BCUT2D eigenvalue weighted by Crippen LogP contribution is 2.18. The maximum absolute atomic E-state index is 12.6. The Morgan fingerprint density at radius 2 is 2.33 bits per heavy atom. The number of hydrogen-bond donors (Lipinski definition) is 1. The quantitative estimate of drug-likeness (QED) is 0.837. The molecule has 1 N–H and O–H groups in total. The van der Waals surface area contributed by atoms with Gasteiger partial charge in [0.1, 0.15) is 18.1 Å². The Balaban J connectivity index is 0.00000144. The zero-order valence-electron chi connectivity index (χ0n) is 12.6. The molecule has 0 saturated carbocycles. The largest absolute Gasteiger partial charge is 0.490 e. The first kappa shape index (κ1) is 20.9. The zero-order chi connectivity index (χ0) is 15.4. The lowest BCUT2D eigenvalue weighted by atomic mass is 10.2. The van der Waals surface area contributed by atoms with E-state index in [1.165, 1.54) is 11.3 Å². The molecule has 132 valence electrons. The Kier molecular flexibility index (Phi) is 8.72. The maximum atomic E-state index is 12.6. The Hall–Kier alpha value is -1.12. The Labute approximate surface area is 161 Å². The smallest absolute Gasteiger partial charge is 0.273 e. The number of pyridine rings is 1. The van der Waals surface area contributed by atoms with Crippen LogP contribution in [0.25, 0.3) is 0 Å². The average molecular weight is 412 g/mol. The summed E-state index contributed by atoms with van der Waals surface area (Å²) < 4.78 is 6.10. The number of hydrogen-bond acceptors (Lipinski definition) is 6. The lowest BCUT2D eigenvalue weighted by Crippen LogP contribution is -2.56. The van der Waals surface area contributed by atoms with Gasteiger partial charge in [-0.05, 0) is 12.1 Å². The molecular weight excluding hydrogens is 395 g/mol. The van der Waals surface area contributed by atoms with Crippen LogP contribution >= 0.6 is 47.8 Å². The first-order chi connectivity index (χ1) is 10.7. The molecule has 24 heavy (non-hydrogen) atoms. The zero-order valence-corrected chi connectivity index (χ0v) is 15.8. The van der Waals surface area contributed by atoms with Gasteiger partial charge >= 0.3 is 0 Å². The normalized spacial score (nSPS) is 16.7. The van der Waals surface area contributed by atoms with E-state index in [0.29, 0.717) is 35.6 Å². The predicted molar refractivity (Wildman–Crippen MR) is 99.0 cm³/mol. The van der Waals surface area contributed by atoms with Gasteiger partial charge in [0.2, 0.25) is 0 Å². The van der Waals surface area contributed by atoms with Gasteiger partial charge in [-0.2, -0.15) is 0 Å². The number of rotatable bonds is 4. The van der Waals surface area contributed by atoms with E-state index in [1.54, 1.807) is 22.7 Å². The summed E-state index contributed by atoms with van der Waals surface area (Å²) in [6.07, 6.45) is 3.35. The van der Waals surface area contributed by atoms with E-state index in [9.17, 15) is 4.79 Å². The number of carbonyl (C=O) groups excluding carboxylic acids is 1. The number of thiazole rings is 1. The molecule has 0 aromatic carbocycles. The highest BCUT2D eigenvalue weighted by atomic mass is 35.5. The van der Waals surface area contributed by atoms with Crippen LogP contribution in [0.3, 0.4) is 0 Å². The van der Waals surface area contributed by atoms with Crippen molar-refractivity contribution < 1.29 is 9.53 Å². The lowest BCUT2D eigenvalue weighted by Gasteiger charge is -2.35. The van der Waals surface area contributed by atoms with Crippen LogP contribution in [-0.4, -0.2) is 53.1 Å². The molecule has 0 aliphatic carbocycles. The first-order valence-corrected chi connectivity index (χ1v) is 8.15. The van der Waals surface area contributed by atoms with Crippen LogP contribution in [-0.2, 0) is 0 Å². The van der Waals surface area contributed by atoms with Crippen LogP contribution in [0.1, 0.15) is 10.5 Å². The molecule has 0 spiro atoms. The molecule has 1 atom stereocenters. The third-order valence-corrected chi connectivity index (χ3v) is 4.36. The fraction of sp³-hybridized carbons (Fsp3) is 0.357. The molecule has 1 unspecified atom stereocenters. The molecule has 10 heteroatoms. The van der Waals surface area contributed by atoms with Crippen molar-refractivity contribution in [3.8, 4) is 5.75 Å². The van der Waals surface area contributed by atoms with E-state index in [-0.39, 0.29) is 36.8 Å². The van der Waals surface area contributed by atoms with E-state index >= 15 is 0 Å². The van der Waals surface area contributed by atoms with Crippen molar-refractivity contribution in [1.29, 1.82) is 0 Å². The molecule has 6 nitrogen and oxygen atoms in total. The summed E-state index contributed by atoms with van der Waals surface area (Å²) in [7, 11) is 0. The standard InChI is InChI=1S/C14H15ClN4O2S.2ClH/c15-14-18-12(9-22-14)13(20)19-5-4-17-6-10(19)8-21-11-2-1-3-16-7-11;;/h1-3,7,9-10,17H,4-6,8H2;2*1H. The summed E-state index contributed by atoms with van der Waals surface area (Å²) in [6.45, 7) is 2.47. The van der Waals surface area contributed by atoms with Crippen molar-refractivity contribution >= 4 is 53.7 Å². The summed E-state index contributed by atoms with van der Waals surface area (Å²) in [4.78, 5) is 22.4. The van der Waals surface area contributed by atoms with Gasteiger partial charge in [-0.15, -0.1) is 36.2 Å². The highest BCUT2D eigenvalue weighted by molar-refractivity contribution is 7.14. The van der Waals surface area contributed by atoms with E-state index in [2.05, 4.69) is 15.3 Å². The van der Waals surface area contributed by atoms with E-state index in [4.69, 9.17) is 16.3 Å². The summed E-state index contributed by atoms with van der Waals surface area (Å²) in [5, 5.41) is 4.97. The van der Waals surface area contributed by atoms with Crippen LogP contribution in [0.15, 0.2) is 29.9 Å². The van der Waals surface area contributed by atoms with Gasteiger partial charge in [0.05, 0.1) is 12.2 Å². The molecule has 1 aliphatic heterocycles. The Morgan fingerprint density at radius 3 is 3.00 bits per heavy atom. The maximum Gasteiger partial charge on any atom is 0.273 e. The monoisotopic (exact) mass is 410 g/mol. The van der Waals surface area contributed by atoms with Gasteiger partial charge in [0.25, 0.3) is 5.91 Å². The second-order valence-electron chi connectivity index (χ2n) is 4.84. The third-order valence-electron chi connectivity index (χ3n) is 3.38. The molecule has 3 heterocycles. The van der Waals surface area contributed by atoms with E-state index in [1.807, 2.05) is 12.1 Å². The number of amides is 1. The van der Waals surface area contributed by atoms with Crippen LogP contribution < -0.4 is 10.1 Å². The van der Waals surface area contributed by atoms with Gasteiger partial charge < -0.3 is 15.0 Å². The molecule has 0 radical (unpaired) electrons. The van der Waals surface area contributed by atoms with E-state index in [0.717, 1.165) is 6.54 Å². The topological polar surface area (TPSA) is 67.4 Å². The van der Waals surface area contributed by atoms with Crippen molar-refractivity contribution in [2.24, 2.45) is 0 Å². The minimum Gasteiger partial charge on any atom is -0.490 e. The Bertz CT molecular complexity index is 644. The van der Waals surface area contributed by atoms with Crippen molar-refractivity contribution in [3.05, 3.63) is 40.1 Å². The van der Waals surface area contributed by atoms with Gasteiger partial charge in [-0.1, -0.05) is 11.6 Å². The van der Waals surface area contributed by atoms with Crippen molar-refractivity contribution in [2.45, 2.75) is 6.04 Å². The molecule has 2 aromatic heterocycles. The van der Waals surface area contributed by atoms with Crippen LogP contribution in [0.4, 0.5) is 0 Å². The summed E-state index contributed by atoms with van der Waals surface area (Å²) in [5.74, 6) is 0.585. The molecule has 0 bridgehead atoms. The minimum atomic E-state index is -0.107. The van der Waals surface area contributed by atoms with E-state index < -0.39 is 0 Å². The molecule has 1 aliphatic rings. The van der Waals surface area contributed by atoms with Gasteiger partial charge in [0, 0.05) is 31.2 Å². The molecule has 1 fully saturated rings. The summed E-state index contributed by atoms with van der Waals surface area (Å²) in [6, 6.07) is 3.60. The number of halogens is 3. The number of nitrogens with one attached hydrogen (secondary N) is 1. The Morgan fingerprint density at radius 1 is 1.50 bits per heavy atom. The predicted octanol–water partition coefficient (Wildman–Crippen LogP) is 2.53. The summed E-state index contributed by atoms with van der Waals surface area (Å²) in [5.41, 5.74) is 0.392. The number of piperazine rings is 1. The molecule has 1 amide bonds. The average Bonchev–Trinajstić information content (AvgIpc) is 3.00. The second kappa shape index (κ2) is 10.0. The molecule has 1 saturated heterocycles. The number of ether oxygens (including phenoxy) is 1. The van der Waals surface area contributed by atoms with Crippen molar-refractivity contribution in [2.75, 3.05) is 26.2 Å². The van der Waals surface area contributed by atoms with Gasteiger partial charge in [-0.3, -0.25) is 9.78 Å². The third kappa shape index (κ3) is 5.19. The molecule has 2 aromatic rings. The fourth-order valence-electron chi connectivity index (χ4n) is 2.30. The molecular formula is C14H17Cl3N4O2S. The van der Waals surface area contributed by atoms with Crippen LogP contribution in [0, 0.1) is 0 Å². The molecule has 3 rings (SSSR count). The lowest BCUT2D eigenvalue weighted by molar-refractivity contribution is 0.0554. The van der Waals surface area contributed by atoms with Gasteiger partial charge in [0.15, 0.2) is 4.47 Å². The van der Waals surface area contributed by atoms with Gasteiger partial charge in [-0.25, -0.2) is 4.98 Å². The van der Waals surface area contributed by atoms with Crippen LogP contribution in [0.5, 0.6) is 5.75 Å². The second-order valence-corrected chi connectivity index (χ2v) is 6.28.